The average Bonchev–Trinajstić information content (AvgIpc) is 2.31. The normalized spacial score (nSPS) is 24.5. The first-order valence-corrected chi connectivity index (χ1v) is 4.86. The molecule has 1 aromatic carbocycles. The Hall–Kier alpha value is -0.770. The third kappa shape index (κ3) is 2.25. The van der Waals surface area contributed by atoms with Gasteiger partial charge in [0.1, 0.15) is 5.75 Å². The van der Waals surface area contributed by atoms with Gasteiger partial charge < -0.3 is 15.6 Å². The summed E-state index contributed by atoms with van der Waals surface area (Å²) >= 11 is 0. The minimum Gasteiger partial charge on any atom is -0.493 e. The molecule has 1 aromatic rings. The molecule has 0 saturated carbocycles. The number of halogens is 1. The minimum atomic E-state index is -0.604. The number of fused-ring (bicyclic) bond motifs is 1. The molecule has 0 radical (unpaired) electrons. The van der Waals surface area contributed by atoms with Crippen LogP contribution < -0.4 is 10.5 Å². The van der Waals surface area contributed by atoms with Crippen LogP contribution in [0.1, 0.15) is 23.7 Å². The van der Waals surface area contributed by atoms with Gasteiger partial charge in [0.2, 0.25) is 0 Å². The van der Waals surface area contributed by atoms with E-state index in [9.17, 15) is 5.11 Å². The maximum absolute atomic E-state index is 9.93. The largest absolute Gasteiger partial charge is 0.493 e. The third-order valence-electron chi connectivity index (χ3n) is 2.66. The van der Waals surface area contributed by atoms with Crippen LogP contribution in [-0.2, 0) is 0 Å². The van der Waals surface area contributed by atoms with Crippen molar-refractivity contribution in [1.29, 1.82) is 0 Å². The number of hydrogen-bond acceptors (Lipinski definition) is 3. The summed E-state index contributed by atoms with van der Waals surface area (Å²) in [6.45, 7) is 2.55. The van der Waals surface area contributed by atoms with Gasteiger partial charge in [-0.2, -0.15) is 0 Å². The first kappa shape index (κ1) is 12.3. The van der Waals surface area contributed by atoms with E-state index in [1.807, 2.05) is 25.1 Å². The summed E-state index contributed by atoms with van der Waals surface area (Å²) in [5.74, 6) is 0.799. The fourth-order valence-corrected chi connectivity index (χ4v) is 1.79. The number of ether oxygens (including phenoxy) is 1. The number of aryl methyl sites for hydroxylation is 1. The highest BCUT2D eigenvalue weighted by Gasteiger charge is 2.24. The summed E-state index contributed by atoms with van der Waals surface area (Å²) in [5, 5.41) is 9.93. The number of rotatable bonds is 0. The lowest BCUT2D eigenvalue weighted by atomic mass is 9.99. The maximum Gasteiger partial charge on any atom is 0.128 e. The van der Waals surface area contributed by atoms with Crippen LogP contribution in [0.5, 0.6) is 5.75 Å². The third-order valence-corrected chi connectivity index (χ3v) is 2.66. The summed E-state index contributed by atoms with van der Waals surface area (Å²) < 4.78 is 5.58. The van der Waals surface area contributed by atoms with E-state index in [4.69, 9.17) is 10.5 Å². The first-order chi connectivity index (χ1) is 6.70. The van der Waals surface area contributed by atoms with Gasteiger partial charge in [0.25, 0.3) is 0 Å². The molecule has 3 nitrogen and oxygen atoms in total. The van der Waals surface area contributed by atoms with Crippen molar-refractivity contribution in [1.82, 2.24) is 0 Å². The fraction of sp³-hybridized carbons (Fsp3) is 0.455. The zero-order valence-electron chi connectivity index (χ0n) is 8.64. The lowest BCUT2D eigenvalue weighted by Crippen LogP contribution is -2.28. The molecule has 3 N–H and O–H groups in total. The molecule has 0 bridgehead atoms. The van der Waals surface area contributed by atoms with Crippen LogP contribution in [0.25, 0.3) is 0 Å². The number of para-hydroxylation sites is 1. The zero-order chi connectivity index (χ0) is 10.1. The molecule has 0 spiro atoms. The van der Waals surface area contributed by atoms with Crippen LogP contribution in [0, 0.1) is 6.92 Å². The number of benzene rings is 1. The molecule has 2 unspecified atom stereocenters. The van der Waals surface area contributed by atoms with Crippen molar-refractivity contribution < 1.29 is 9.84 Å². The van der Waals surface area contributed by atoms with Gasteiger partial charge in [-0.25, -0.2) is 0 Å². The molecule has 15 heavy (non-hydrogen) atoms. The van der Waals surface area contributed by atoms with Crippen LogP contribution in [0.4, 0.5) is 0 Å². The highest BCUT2D eigenvalue weighted by Crippen LogP contribution is 2.33. The second-order valence-corrected chi connectivity index (χ2v) is 3.74. The minimum absolute atomic E-state index is 0. The van der Waals surface area contributed by atoms with Crippen LogP contribution >= 0.6 is 12.4 Å². The Morgan fingerprint density at radius 3 is 2.93 bits per heavy atom. The van der Waals surface area contributed by atoms with Crippen molar-refractivity contribution in [3.8, 4) is 5.75 Å². The van der Waals surface area contributed by atoms with Crippen molar-refractivity contribution >= 4 is 12.4 Å². The van der Waals surface area contributed by atoms with Crippen molar-refractivity contribution in [2.75, 3.05) is 6.61 Å². The van der Waals surface area contributed by atoms with E-state index in [2.05, 4.69) is 0 Å². The van der Waals surface area contributed by atoms with E-state index in [-0.39, 0.29) is 18.4 Å². The van der Waals surface area contributed by atoms with E-state index in [0.29, 0.717) is 13.0 Å². The van der Waals surface area contributed by atoms with E-state index in [0.717, 1.165) is 16.9 Å². The lowest BCUT2D eigenvalue weighted by molar-refractivity contribution is 0.145. The molecular weight excluding hydrogens is 214 g/mol. The molecule has 0 aliphatic carbocycles. The van der Waals surface area contributed by atoms with Crippen molar-refractivity contribution in [3.05, 3.63) is 29.3 Å². The molecule has 1 heterocycles. The summed E-state index contributed by atoms with van der Waals surface area (Å²) in [7, 11) is 0. The van der Waals surface area contributed by atoms with Crippen LogP contribution in [0.3, 0.4) is 0 Å². The van der Waals surface area contributed by atoms with Crippen LogP contribution in [0.15, 0.2) is 18.2 Å². The molecule has 84 valence electrons. The van der Waals surface area contributed by atoms with Gasteiger partial charge >= 0.3 is 0 Å². The quantitative estimate of drug-likeness (QED) is 0.710. The summed E-state index contributed by atoms with van der Waals surface area (Å²) in [6.07, 6.45) is 0.0855. The van der Waals surface area contributed by atoms with Crippen molar-refractivity contribution in [2.24, 2.45) is 5.73 Å². The molecular formula is C11H16ClNO2. The molecule has 1 aliphatic rings. The standard InChI is InChI=1S/C11H15NO2.ClH/c1-7-3-2-4-8-10(13)9(12)5-6-14-11(7)8;/h2-4,9-10,13H,5-6,12H2,1H3;1H. The summed E-state index contributed by atoms with van der Waals surface area (Å²) in [6, 6.07) is 5.54. The molecule has 2 atom stereocenters. The highest BCUT2D eigenvalue weighted by molar-refractivity contribution is 5.85. The Labute approximate surface area is 95.7 Å². The Kier molecular flexibility index (Phi) is 3.97. The number of aliphatic hydroxyl groups excluding tert-OH is 1. The molecule has 4 heteroatoms. The maximum atomic E-state index is 9.93. The summed E-state index contributed by atoms with van der Waals surface area (Å²) in [5.41, 5.74) is 7.68. The summed E-state index contributed by atoms with van der Waals surface area (Å²) in [4.78, 5) is 0. The van der Waals surface area contributed by atoms with Crippen molar-refractivity contribution in [2.45, 2.75) is 25.5 Å². The molecule has 0 fully saturated rings. The predicted octanol–water partition coefficient (Wildman–Crippen LogP) is 1.56. The fourth-order valence-electron chi connectivity index (χ4n) is 1.79. The average molecular weight is 230 g/mol. The van der Waals surface area contributed by atoms with Gasteiger partial charge in [0.15, 0.2) is 0 Å². The highest BCUT2D eigenvalue weighted by atomic mass is 35.5. The molecule has 2 rings (SSSR count). The monoisotopic (exact) mass is 229 g/mol. The van der Waals surface area contributed by atoms with Gasteiger partial charge in [0, 0.05) is 11.6 Å². The Balaban J connectivity index is 0.00000112. The Morgan fingerprint density at radius 2 is 2.20 bits per heavy atom. The number of nitrogens with two attached hydrogens (primary N) is 1. The van der Waals surface area contributed by atoms with E-state index in [1.165, 1.54) is 0 Å². The topological polar surface area (TPSA) is 55.5 Å². The molecule has 0 aromatic heterocycles. The molecule has 1 aliphatic heterocycles. The van der Waals surface area contributed by atoms with Crippen LogP contribution in [-0.4, -0.2) is 17.8 Å². The van der Waals surface area contributed by atoms with Gasteiger partial charge in [-0.3, -0.25) is 0 Å². The Bertz CT molecular complexity index is 343. The first-order valence-electron chi connectivity index (χ1n) is 4.86. The van der Waals surface area contributed by atoms with Crippen LogP contribution in [0.2, 0.25) is 0 Å². The number of hydrogen-bond donors (Lipinski definition) is 2. The Morgan fingerprint density at radius 1 is 1.47 bits per heavy atom. The van der Waals surface area contributed by atoms with E-state index >= 15 is 0 Å². The van der Waals surface area contributed by atoms with Crippen molar-refractivity contribution in [3.63, 3.8) is 0 Å². The van der Waals surface area contributed by atoms with E-state index in [1.54, 1.807) is 0 Å². The van der Waals surface area contributed by atoms with E-state index < -0.39 is 6.10 Å². The number of aliphatic hydroxyl groups is 1. The predicted molar refractivity (Wildman–Crippen MR) is 61.5 cm³/mol. The van der Waals surface area contributed by atoms with Gasteiger partial charge in [0.05, 0.1) is 12.7 Å². The van der Waals surface area contributed by atoms with Gasteiger partial charge in [-0.15, -0.1) is 12.4 Å². The molecule has 0 saturated heterocycles. The second kappa shape index (κ2) is 4.84. The van der Waals surface area contributed by atoms with Gasteiger partial charge in [-0.1, -0.05) is 18.2 Å². The smallest absolute Gasteiger partial charge is 0.128 e. The lowest BCUT2D eigenvalue weighted by Gasteiger charge is -2.16. The SMILES string of the molecule is Cc1cccc2c1OCCC(N)C2O.Cl. The molecule has 0 amide bonds. The van der Waals surface area contributed by atoms with Gasteiger partial charge in [-0.05, 0) is 18.9 Å². The second-order valence-electron chi connectivity index (χ2n) is 3.74. The zero-order valence-corrected chi connectivity index (χ0v) is 9.46.